The number of hydrogen-bond donors (Lipinski definition) is 0. The van der Waals surface area contributed by atoms with Gasteiger partial charge in [-0.3, -0.25) is 0 Å². The maximum absolute atomic E-state index is 5.68. The van der Waals surface area contributed by atoms with E-state index in [0.717, 1.165) is 23.1 Å². The third-order valence-corrected chi connectivity index (χ3v) is 2.28. The molecule has 0 radical (unpaired) electrons. The van der Waals surface area contributed by atoms with E-state index in [2.05, 4.69) is 18.8 Å². The van der Waals surface area contributed by atoms with Crippen LogP contribution in [-0.4, -0.2) is 35.6 Å². The molecule has 0 aromatic rings. The summed E-state index contributed by atoms with van der Waals surface area (Å²) in [5.41, 5.74) is 0.636. The quantitative estimate of drug-likeness (QED) is 0.362. The van der Waals surface area contributed by atoms with Gasteiger partial charge >= 0.3 is 0 Å². The highest BCUT2D eigenvalue weighted by Gasteiger charge is 2.30. The van der Waals surface area contributed by atoms with Crippen molar-refractivity contribution < 1.29 is 9.47 Å². The molecule has 15 heavy (non-hydrogen) atoms. The Balaban J connectivity index is 4.62. The van der Waals surface area contributed by atoms with E-state index in [4.69, 9.17) is 9.47 Å². The summed E-state index contributed by atoms with van der Waals surface area (Å²) in [7, 11) is 1.14. The molecule has 4 heteroatoms. The molecule has 0 aromatic carbocycles. The van der Waals surface area contributed by atoms with Gasteiger partial charge < -0.3 is 9.47 Å². The van der Waals surface area contributed by atoms with Gasteiger partial charge in [0.1, 0.15) is 0 Å². The highest BCUT2D eigenvalue weighted by atomic mass is 28.1. The van der Waals surface area contributed by atoms with E-state index in [9.17, 15) is 0 Å². The molecule has 0 aliphatic carbocycles. The minimum absolute atomic E-state index is 0.634. The zero-order valence-corrected chi connectivity index (χ0v) is 12.7. The van der Waals surface area contributed by atoms with E-state index < -0.39 is 5.91 Å². The fourth-order valence-corrected chi connectivity index (χ4v) is 2.00. The molecule has 0 heterocycles. The lowest BCUT2D eigenvalue weighted by Crippen LogP contribution is -2.35. The first-order valence-electron chi connectivity index (χ1n) is 5.91. The van der Waals surface area contributed by atoms with Gasteiger partial charge in [-0.15, -0.1) is 0 Å². The van der Waals surface area contributed by atoms with E-state index >= 15 is 0 Å². The Morgan fingerprint density at radius 2 is 1.80 bits per heavy atom. The molecule has 0 fully saturated rings. The van der Waals surface area contributed by atoms with Crippen molar-refractivity contribution in [2.24, 2.45) is 4.99 Å². The Labute approximate surface area is 96.7 Å². The molecule has 0 saturated heterocycles. The molecule has 0 N–H and O–H groups in total. The van der Waals surface area contributed by atoms with Crippen LogP contribution in [0.15, 0.2) is 4.99 Å². The van der Waals surface area contributed by atoms with Crippen molar-refractivity contribution in [1.82, 2.24) is 0 Å². The predicted octanol–water partition coefficient (Wildman–Crippen LogP) is 1.76. The Hall–Kier alpha value is -0.193. The zero-order valence-electron chi connectivity index (χ0n) is 10.7. The standard InChI is InChI=1S/C11H25NO2Si/c1-5-8-12-11(13-6-2,14-7-3)9-10(4)15/h8,10H,5-7,9H2,1-4,15H3. The molecule has 0 spiro atoms. The van der Waals surface area contributed by atoms with Crippen LogP contribution in [0.4, 0.5) is 0 Å². The molecule has 90 valence electrons. The van der Waals surface area contributed by atoms with E-state index in [-0.39, 0.29) is 0 Å². The molecular weight excluding hydrogens is 206 g/mol. The lowest BCUT2D eigenvalue weighted by Gasteiger charge is -2.30. The van der Waals surface area contributed by atoms with Crippen molar-refractivity contribution in [2.75, 3.05) is 13.2 Å². The predicted molar refractivity (Wildman–Crippen MR) is 68.7 cm³/mol. The van der Waals surface area contributed by atoms with Crippen LogP contribution in [0.25, 0.3) is 0 Å². The molecule has 0 rings (SSSR count). The van der Waals surface area contributed by atoms with Gasteiger partial charge in [0.2, 0.25) is 0 Å². The van der Waals surface area contributed by atoms with Crippen LogP contribution in [0.1, 0.15) is 40.5 Å². The van der Waals surface area contributed by atoms with Gasteiger partial charge in [0, 0.05) is 36.1 Å². The average Bonchev–Trinajstić information content (AvgIpc) is 2.14. The lowest BCUT2D eigenvalue weighted by molar-refractivity contribution is -0.230. The Morgan fingerprint density at radius 3 is 2.13 bits per heavy atom. The van der Waals surface area contributed by atoms with E-state index in [1.807, 2.05) is 20.1 Å². The lowest BCUT2D eigenvalue weighted by atomic mass is 10.2. The minimum atomic E-state index is -0.722. The number of nitrogens with zero attached hydrogens (tertiary/aromatic N) is 1. The molecular formula is C11H25NO2Si. The Kier molecular flexibility index (Phi) is 7.91. The maximum Gasteiger partial charge on any atom is 0.268 e. The Bertz CT molecular complexity index is 177. The monoisotopic (exact) mass is 231 g/mol. The van der Waals surface area contributed by atoms with Crippen LogP contribution >= 0.6 is 0 Å². The van der Waals surface area contributed by atoms with Crippen LogP contribution in [0, 0.1) is 0 Å². The third-order valence-electron chi connectivity index (χ3n) is 1.88. The molecule has 1 unspecified atom stereocenters. The topological polar surface area (TPSA) is 30.8 Å². The van der Waals surface area contributed by atoms with Crippen molar-refractivity contribution in [3.63, 3.8) is 0 Å². The van der Waals surface area contributed by atoms with E-state index in [1.54, 1.807) is 0 Å². The summed E-state index contributed by atoms with van der Waals surface area (Å²) in [5, 5.41) is 0. The summed E-state index contributed by atoms with van der Waals surface area (Å²) < 4.78 is 11.4. The van der Waals surface area contributed by atoms with Gasteiger partial charge in [-0.05, 0) is 20.3 Å². The highest BCUT2D eigenvalue weighted by molar-refractivity contribution is 6.11. The van der Waals surface area contributed by atoms with Gasteiger partial charge in [0.05, 0.1) is 0 Å². The van der Waals surface area contributed by atoms with Crippen molar-refractivity contribution in [3.8, 4) is 0 Å². The van der Waals surface area contributed by atoms with Crippen LogP contribution < -0.4 is 0 Å². The summed E-state index contributed by atoms with van der Waals surface area (Å²) in [6.45, 7) is 9.50. The van der Waals surface area contributed by atoms with Gasteiger partial charge in [-0.25, -0.2) is 4.99 Å². The molecule has 0 aliphatic heterocycles. The summed E-state index contributed by atoms with van der Waals surface area (Å²) in [6.07, 6.45) is 3.66. The van der Waals surface area contributed by atoms with Gasteiger partial charge in [-0.1, -0.05) is 19.4 Å². The van der Waals surface area contributed by atoms with Gasteiger partial charge in [0.15, 0.2) is 0 Å². The molecule has 1 atom stereocenters. The van der Waals surface area contributed by atoms with Gasteiger partial charge in [-0.2, -0.15) is 0 Å². The second-order valence-electron chi connectivity index (χ2n) is 3.90. The average molecular weight is 231 g/mol. The second-order valence-corrected chi connectivity index (χ2v) is 5.87. The SMILES string of the molecule is CCC=NC(CC(C)[SiH3])(OCC)OCC. The van der Waals surface area contributed by atoms with Crippen LogP contribution in [0.5, 0.6) is 0 Å². The van der Waals surface area contributed by atoms with Crippen LogP contribution in [0.3, 0.4) is 0 Å². The molecule has 0 aromatic heterocycles. The number of rotatable bonds is 8. The first kappa shape index (κ1) is 14.8. The number of ether oxygens (including phenoxy) is 2. The Morgan fingerprint density at radius 1 is 1.27 bits per heavy atom. The fraction of sp³-hybridized carbons (Fsp3) is 0.909. The normalized spacial score (nSPS) is 14.9. The fourth-order valence-electron chi connectivity index (χ4n) is 1.48. The molecule has 0 amide bonds. The van der Waals surface area contributed by atoms with Gasteiger partial charge in [0.25, 0.3) is 5.91 Å². The van der Waals surface area contributed by atoms with Crippen molar-refractivity contribution >= 4 is 16.5 Å². The molecule has 0 aliphatic rings. The summed E-state index contributed by atoms with van der Waals surface area (Å²) in [6, 6.07) is 0. The smallest absolute Gasteiger partial charge is 0.268 e. The highest BCUT2D eigenvalue weighted by Crippen LogP contribution is 2.26. The van der Waals surface area contributed by atoms with Crippen LogP contribution in [0.2, 0.25) is 5.54 Å². The van der Waals surface area contributed by atoms with Crippen LogP contribution in [-0.2, 0) is 9.47 Å². The second kappa shape index (κ2) is 8.02. The molecule has 0 saturated carbocycles. The molecule has 0 bridgehead atoms. The summed E-state index contributed by atoms with van der Waals surface area (Å²) in [4.78, 5) is 4.45. The van der Waals surface area contributed by atoms with E-state index in [0.29, 0.717) is 18.8 Å². The zero-order chi connectivity index (χ0) is 11.7. The van der Waals surface area contributed by atoms with Crippen molar-refractivity contribution in [2.45, 2.75) is 52.0 Å². The maximum atomic E-state index is 5.68. The number of hydrogen-bond acceptors (Lipinski definition) is 3. The number of aliphatic imine (C=N–C) groups is 1. The van der Waals surface area contributed by atoms with Crippen molar-refractivity contribution in [3.05, 3.63) is 0 Å². The first-order valence-corrected chi connectivity index (χ1v) is 7.07. The summed E-state index contributed by atoms with van der Waals surface area (Å²) >= 11 is 0. The molecule has 3 nitrogen and oxygen atoms in total. The van der Waals surface area contributed by atoms with Crippen molar-refractivity contribution in [1.29, 1.82) is 0 Å². The summed E-state index contributed by atoms with van der Waals surface area (Å²) in [5.74, 6) is -0.722. The van der Waals surface area contributed by atoms with E-state index in [1.165, 1.54) is 0 Å². The minimum Gasteiger partial charge on any atom is -0.332 e. The first-order chi connectivity index (χ1) is 7.10. The third kappa shape index (κ3) is 6.07. The largest absolute Gasteiger partial charge is 0.332 e.